The molecule has 0 heterocycles. The molecule has 0 aromatic carbocycles. The lowest BCUT2D eigenvalue weighted by molar-refractivity contribution is -0.147. The fourth-order valence-electron chi connectivity index (χ4n) is 1.48. The molecule has 0 aliphatic heterocycles. The third-order valence-electron chi connectivity index (χ3n) is 2.30. The molecular weight excluding hydrogens is 166 g/mol. The van der Waals surface area contributed by atoms with Crippen LogP contribution < -0.4 is 5.73 Å². The number of halogens is 1. The number of hydrogen-bond donors (Lipinski definition) is 2. The van der Waals surface area contributed by atoms with E-state index >= 15 is 0 Å². The number of carboxylic acids is 1. The van der Waals surface area contributed by atoms with E-state index in [0.29, 0.717) is 6.42 Å². The average Bonchev–Trinajstić information content (AvgIpc) is 2.13. The molecule has 0 saturated heterocycles. The van der Waals surface area contributed by atoms with E-state index in [1.165, 1.54) is 0 Å². The highest BCUT2D eigenvalue weighted by Crippen LogP contribution is 2.36. The van der Waals surface area contributed by atoms with Crippen LogP contribution in [0.1, 0.15) is 26.2 Å². The van der Waals surface area contributed by atoms with Gasteiger partial charge in [-0.05, 0) is 26.2 Å². The maximum Gasteiger partial charge on any atom is 0.309 e. The Morgan fingerprint density at radius 1 is 1.73 bits per heavy atom. The van der Waals surface area contributed by atoms with Gasteiger partial charge in [-0.25, -0.2) is 0 Å². The molecule has 3 N–H and O–H groups in total. The van der Waals surface area contributed by atoms with Crippen molar-refractivity contribution in [3.05, 3.63) is 0 Å². The molecule has 0 spiro atoms. The molecule has 0 bridgehead atoms. The summed E-state index contributed by atoms with van der Waals surface area (Å²) >= 11 is 0. The number of carboxylic acid groups (broad SMARTS) is 1. The van der Waals surface area contributed by atoms with Crippen LogP contribution in [-0.4, -0.2) is 17.1 Å². The first kappa shape index (κ1) is 10.7. The summed E-state index contributed by atoms with van der Waals surface area (Å²) in [4.78, 5) is 10.6. The Bertz CT molecular complexity index is 163. The van der Waals surface area contributed by atoms with E-state index in [2.05, 4.69) is 0 Å². The van der Waals surface area contributed by atoms with Crippen LogP contribution in [0.4, 0.5) is 0 Å². The molecule has 0 aromatic rings. The summed E-state index contributed by atoms with van der Waals surface area (Å²) in [6, 6.07) is 0.0982. The van der Waals surface area contributed by atoms with Crippen LogP contribution in [0.2, 0.25) is 0 Å². The smallest absolute Gasteiger partial charge is 0.309 e. The van der Waals surface area contributed by atoms with Crippen molar-refractivity contribution < 1.29 is 9.90 Å². The maximum atomic E-state index is 10.6. The lowest BCUT2D eigenvalue weighted by Crippen LogP contribution is -2.26. The van der Waals surface area contributed by atoms with Crippen molar-refractivity contribution in [2.45, 2.75) is 32.2 Å². The minimum absolute atomic E-state index is 0. The van der Waals surface area contributed by atoms with Crippen molar-refractivity contribution in [1.29, 1.82) is 0 Å². The summed E-state index contributed by atoms with van der Waals surface area (Å²) in [5.41, 5.74) is 5.04. The van der Waals surface area contributed by atoms with Crippen LogP contribution in [0.15, 0.2) is 0 Å². The van der Waals surface area contributed by atoms with Crippen LogP contribution in [0.25, 0.3) is 0 Å². The van der Waals surface area contributed by atoms with Gasteiger partial charge in [0.25, 0.3) is 0 Å². The zero-order chi connectivity index (χ0) is 7.78. The van der Waals surface area contributed by atoms with Gasteiger partial charge in [0.1, 0.15) is 0 Å². The standard InChI is InChI=1S/C7H13NO2.ClH/c1-7(6(9)10)3-2-5(8)4-7;/h5H,2-4,8H2,1H3,(H,9,10);1H/t5-,7-;/m0./s1. The first-order valence-electron chi connectivity index (χ1n) is 3.53. The molecule has 66 valence electrons. The summed E-state index contributed by atoms with van der Waals surface area (Å²) in [6.45, 7) is 1.77. The van der Waals surface area contributed by atoms with Crippen LogP contribution in [0.3, 0.4) is 0 Å². The molecule has 11 heavy (non-hydrogen) atoms. The minimum atomic E-state index is -0.708. The van der Waals surface area contributed by atoms with Crippen molar-refractivity contribution in [1.82, 2.24) is 0 Å². The van der Waals surface area contributed by atoms with Crippen molar-refractivity contribution in [3.8, 4) is 0 Å². The monoisotopic (exact) mass is 179 g/mol. The molecule has 1 saturated carbocycles. The van der Waals surface area contributed by atoms with E-state index in [1.54, 1.807) is 6.92 Å². The van der Waals surface area contributed by atoms with Gasteiger partial charge in [-0.3, -0.25) is 4.79 Å². The van der Waals surface area contributed by atoms with Gasteiger partial charge in [-0.1, -0.05) is 0 Å². The van der Waals surface area contributed by atoms with Gasteiger partial charge in [0.2, 0.25) is 0 Å². The largest absolute Gasteiger partial charge is 0.481 e. The highest BCUT2D eigenvalue weighted by Gasteiger charge is 2.39. The number of nitrogens with two attached hydrogens (primary N) is 1. The lowest BCUT2D eigenvalue weighted by atomic mass is 9.89. The van der Waals surface area contributed by atoms with Crippen molar-refractivity contribution in [2.75, 3.05) is 0 Å². The van der Waals surface area contributed by atoms with Gasteiger partial charge in [0, 0.05) is 6.04 Å². The first-order valence-corrected chi connectivity index (χ1v) is 3.53. The number of carbonyl (C=O) groups is 1. The molecule has 1 aliphatic rings. The summed E-state index contributed by atoms with van der Waals surface area (Å²) in [7, 11) is 0. The molecule has 0 aromatic heterocycles. The fourth-order valence-corrected chi connectivity index (χ4v) is 1.48. The average molecular weight is 180 g/mol. The van der Waals surface area contributed by atoms with Crippen LogP contribution in [-0.2, 0) is 4.79 Å². The highest BCUT2D eigenvalue weighted by molar-refractivity contribution is 5.85. The SMILES string of the molecule is C[C@]1(C(=O)O)CC[C@H](N)C1.Cl. The molecule has 3 nitrogen and oxygen atoms in total. The summed E-state index contributed by atoms with van der Waals surface area (Å²) < 4.78 is 0. The van der Waals surface area contributed by atoms with E-state index in [9.17, 15) is 4.79 Å². The topological polar surface area (TPSA) is 63.3 Å². The first-order chi connectivity index (χ1) is 4.54. The van der Waals surface area contributed by atoms with E-state index in [0.717, 1.165) is 12.8 Å². The molecule has 4 heteroatoms. The predicted molar refractivity (Wildman–Crippen MR) is 44.8 cm³/mol. The molecule has 1 fully saturated rings. The van der Waals surface area contributed by atoms with Gasteiger partial charge in [-0.15, -0.1) is 12.4 Å². The van der Waals surface area contributed by atoms with Crippen LogP contribution >= 0.6 is 12.4 Å². The highest BCUT2D eigenvalue weighted by atomic mass is 35.5. The predicted octanol–water partition coefficient (Wildman–Crippen LogP) is 1.01. The minimum Gasteiger partial charge on any atom is -0.481 e. The Morgan fingerprint density at radius 2 is 2.27 bits per heavy atom. The summed E-state index contributed by atoms with van der Waals surface area (Å²) in [5, 5.41) is 8.73. The number of hydrogen-bond acceptors (Lipinski definition) is 2. The van der Waals surface area contributed by atoms with E-state index in [-0.39, 0.29) is 18.4 Å². The summed E-state index contributed by atoms with van der Waals surface area (Å²) in [5.74, 6) is -0.708. The quantitative estimate of drug-likeness (QED) is 0.632. The van der Waals surface area contributed by atoms with Gasteiger partial charge in [0.05, 0.1) is 5.41 Å². The lowest BCUT2D eigenvalue weighted by Gasteiger charge is -2.16. The fraction of sp³-hybridized carbons (Fsp3) is 0.857. The zero-order valence-electron chi connectivity index (χ0n) is 6.54. The van der Waals surface area contributed by atoms with E-state index in [4.69, 9.17) is 10.8 Å². The van der Waals surface area contributed by atoms with Gasteiger partial charge in [-0.2, -0.15) is 0 Å². The van der Waals surface area contributed by atoms with Gasteiger partial charge >= 0.3 is 5.97 Å². The Morgan fingerprint density at radius 3 is 2.45 bits per heavy atom. The second kappa shape index (κ2) is 3.41. The van der Waals surface area contributed by atoms with Crippen molar-refractivity contribution >= 4 is 18.4 Å². The third-order valence-corrected chi connectivity index (χ3v) is 2.30. The molecule has 1 rings (SSSR count). The molecule has 0 radical (unpaired) electrons. The van der Waals surface area contributed by atoms with Crippen molar-refractivity contribution in [2.24, 2.45) is 11.1 Å². The zero-order valence-corrected chi connectivity index (χ0v) is 7.36. The van der Waals surface area contributed by atoms with Crippen LogP contribution in [0.5, 0.6) is 0 Å². The molecule has 2 atom stereocenters. The van der Waals surface area contributed by atoms with E-state index in [1.807, 2.05) is 0 Å². The van der Waals surface area contributed by atoms with Crippen molar-refractivity contribution in [3.63, 3.8) is 0 Å². The van der Waals surface area contributed by atoms with Gasteiger partial charge < -0.3 is 10.8 Å². The molecule has 0 amide bonds. The number of rotatable bonds is 1. The second-order valence-electron chi connectivity index (χ2n) is 3.37. The Balaban J connectivity index is 0.000001000. The second-order valence-corrected chi connectivity index (χ2v) is 3.37. The Kier molecular flexibility index (Phi) is 3.32. The molecule has 0 unspecified atom stereocenters. The molecular formula is C7H14ClNO2. The van der Waals surface area contributed by atoms with Gasteiger partial charge in [0.15, 0.2) is 0 Å². The third kappa shape index (κ3) is 2.07. The Labute approximate surface area is 72.4 Å². The summed E-state index contributed by atoms with van der Waals surface area (Å²) in [6.07, 6.45) is 2.20. The van der Waals surface area contributed by atoms with Crippen LogP contribution in [0, 0.1) is 5.41 Å². The Hall–Kier alpha value is -0.280. The van der Waals surface area contributed by atoms with E-state index < -0.39 is 11.4 Å². The molecule has 1 aliphatic carbocycles. The maximum absolute atomic E-state index is 10.6. The number of aliphatic carboxylic acids is 1. The normalized spacial score (nSPS) is 36.4.